The van der Waals surface area contributed by atoms with Crippen molar-refractivity contribution >= 4 is 22.3 Å². The number of nitrogens with zero attached hydrogens (tertiary/aromatic N) is 2. The van der Waals surface area contributed by atoms with Gasteiger partial charge in [-0.25, -0.2) is 4.79 Å². The molecule has 0 aliphatic rings. The van der Waals surface area contributed by atoms with E-state index in [1.54, 1.807) is 6.92 Å². The maximum atomic E-state index is 12.2. The van der Waals surface area contributed by atoms with Crippen molar-refractivity contribution in [3.05, 3.63) is 51.4 Å². The molecule has 0 aliphatic carbocycles. The Hall–Kier alpha value is -2.36. The summed E-state index contributed by atoms with van der Waals surface area (Å²) in [5, 5.41) is 9.75. The first-order valence-corrected chi connectivity index (χ1v) is 9.06. The van der Waals surface area contributed by atoms with Crippen LogP contribution >= 0.6 is 11.3 Å². The van der Waals surface area contributed by atoms with E-state index in [-0.39, 0.29) is 6.61 Å². The van der Waals surface area contributed by atoms with Crippen LogP contribution in [0.15, 0.2) is 24.3 Å². The molecule has 6 heteroatoms. The summed E-state index contributed by atoms with van der Waals surface area (Å²) >= 11 is 1.12. The van der Waals surface area contributed by atoms with Gasteiger partial charge in [-0.2, -0.15) is 5.26 Å². The first-order valence-electron chi connectivity index (χ1n) is 8.24. The molecule has 0 radical (unpaired) electrons. The number of hydrogen-bond donors (Lipinski definition) is 1. The first-order chi connectivity index (χ1) is 12.0. The predicted molar refractivity (Wildman–Crippen MR) is 100 cm³/mol. The van der Waals surface area contributed by atoms with Crippen LogP contribution in [0.25, 0.3) is 0 Å². The van der Waals surface area contributed by atoms with Gasteiger partial charge in [0.15, 0.2) is 0 Å². The molecule has 0 spiro atoms. The fraction of sp³-hybridized carbons (Fsp3) is 0.368. The molecule has 0 saturated carbocycles. The molecule has 2 N–H and O–H groups in total. The van der Waals surface area contributed by atoms with Crippen molar-refractivity contribution < 1.29 is 9.53 Å². The highest BCUT2D eigenvalue weighted by Gasteiger charge is 2.23. The van der Waals surface area contributed by atoms with Gasteiger partial charge in [-0.3, -0.25) is 4.90 Å². The summed E-state index contributed by atoms with van der Waals surface area (Å²) in [7, 11) is 1.96. The minimum atomic E-state index is -0.420. The number of rotatable bonds is 7. The normalized spacial score (nSPS) is 10.7. The number of benzene rings is 1. The number of thiophene rings is 1. The summed E-state index contributed by atoms with van der Waals surface area (Å²) in [6, 6.07) is 10.6. The minimum absolute atomic E-state index is 0.289. The molecule has 132 valence electrons. The number of nitriles is 1. The fourth-order valence-electron chi connectivity index (χ4n) is 2.64. The standard InChI is InChI=1S/C19H23N3O2S/c1-4-13-6-8-14(9-7-13)11-22(3)12-16-15(10-20)18(21)25-17(16)19(23)24-5-2/h6-9H,4-5,11-12,21H2,1-3H3. The molecule has 1 heterocycles. The molecule has 0 fully saturated rings. The molecule has 25 heavy (non-hydrogen) atoms. The van der Waals surface area contributed by atoms with E-state index in [0.717, 1.165) is 17.8 Å². The highest BCUT2D eigenvalue weighted by Crippen LogP contribution is 2.32. The van der Waals surface area contributed by atoms with Crippen LogP contribution in [-0.2, 0) is 24.2 Å². The van der Waals surface area contributed by atoms with Crippen LogP contribution in [0.2, 0.25) is 0 Å². The molecular weight excluding hydrogens is 334 g/mol. The molecule has 0 amide bonds. The molecule has 2 aromatic rings. The third kappa shape index (κ3) is 4.59. The van der Waals surface area contributed by atoms with Crippen molar-refractivity contribution in [2.24, 2.45) is 0 Å². The summed E-state index contributed by atoms with van der Waals surface area (Å²) in [5.41, 5.74) is 9.42. The largest absolute Gasteiger partial charge is 0.462 e. The summed E-state index contributed by atoms with van der Waals surface area (Å²) in [6.45, 7) is 5.35. The Bertz CT molecular complexity index is 775. The maximum absolute atomic E-state index is 12.2. The van der Waals surface area contributed by atoms with E-state index in [2.05, 4.69) is 42.2 Å². The van der Waals surface area contributed by atoms with Gasteiger partial charge < -0.3 is 10.5 Å². The molecule has 0 atom stereocenters. The van der Waals surface area contributed by atoms with E-state index in [1.165, 1.54) is 11.1 Å². The Morgan fingerprint density at radius 2 is 1.88 bits per heavy atom. The number of carbonyl (C=O) groups is 1. The maximum Gasteiger partial charge on any atom is 0.348 e. The average molecular weight is 357 g/mol. The van der Waals surface area contributed by atoms with Crippen LogP contribution in [0.5, 0.6) is 0 Å². The number of ether oxygens (including phenoxy) is 1. The SMILES string of the molecule is CCOC(=O)c1sc(N)c(C#N)c1CN(C)Cc1ccc(CC)cc1. The summed E-state index contributed by atoms with van der Waals surface area (Å²) in [6.07, 6.45) is 1.01. The van der Waals surface area contributed by atoms with Crippen LogP contribution in [0.3, 0.4) is 0 Å². The topological polar surface area (TPSA) is 79.3 Å². The van der Waals surface area contributed by atoms with Crippen LogP contribution in [0, 0.1) is 11.3 Å². The molecule has 2 rings (SSSR count). The van der Waals surface area contributed by atoms with Gasteiger partial charge in [0, 0.05) is 18.7 Å². The molecule has 0 aliphatic heterocycles. The van der Waals surface area contributed by atoms with Crippen molar-refractivity contribution in [1.29, 1.82) is 5.26 Å². The van der Waals surface area contributed by atoms with E-state index in [1.807, 2.05) is 7.05 Å². The lowest BCUT2D eigenvalue weighted by Crippen LogP contribution is -2.19. The van der Waals surface area contributed by atoms with Gasteiger partial charge in [-0.1, -0.05) is 31.2 Å². The zero-order chi connectivity index (χ0) is 18.4. The number of nitrogen functional groups attached to an aromatic ring is 1. The summed E-state index contributed by atoms with van der Waals surface area (Å²) in [5.74, 6) is -0.420. The van der Waals surface area contributed by atoms with Gasteiger partial charge >= 0.3 is 5.97 Å². The van der Waals surface area contributed by atoms with Crippen molar-refractivity contribution in [2.75, 3.05) is 19.4 Å². The average Bonchev–Trinajstić information content (AvgIpc) is 2.91. The van der Waals surface area contributed by atoms with Crippen molar-refractivity contribution in [3.8, 4) is 6.07 Å². The quantitative estimate of drug-likeness (QED) is 0.766. The Morgan fingerprint density at radius 1 is 1.24 bits per heavy atom. The van der Waals surface area contributed by atoms with Crippen LogP contribution < -0.4 is 5.73 Å². The summed E-state index contributed by atoms with van der Waals surface area (Å²) in [4.78, 5) is 14.6. The van der Waals surface area contributed by atoms with Gasteiger partial charge in [0.2, 0.25) is 0 Å². The lowest BCUT2D eigenvalue weighted by molar-refractivity contribution is 0.0530. The lowest BCUT2D eigenvalue weighted by Gasteiger charge is -2.17. The zero-order valence-electron chi connectivity index (χ0n) is 14.8. The number of hydrogen-bond acceptors (Lipinski definition) is 6. The number of nitrogens with two attached hydrogens (primary N) is 1. The predicted octanol–water partition coefficient (Wildman–Crippen LogP) is 3.57. The Morgan fingerprint density at radius 3 is 2.44 bits per heavy atom. The van der Waals surface area contributed by atoms with Gasteiger partial charge in [-0.05, 0) is 31.5 Å². The molecule has 5 nitrogen and oxygen atoms in total. The van der Waals surface area contributed by atoms with Crippen molar-refractivity contribution in [2.45, 2.75) is 33.4 Å². The van der Waals surface area contributed by atoms with E-state index >= 15 is 0 Å². The van der Waals surface area contributed by atoms with Crippen molar-refractivity contribution in [1.82, 2.24) is 4.90 Å². The Labute approximate surface area is 152 Å². The number of carbonyl (C=O) groups excluding carboxylic acids is 1. The Balaban J connectivity index is 2.19. The number of anilines is 1. The summed E-state index contributed by atoms with van der Waals surface area (Å²) < 4.78 is 5.09. The van der Waals surface area contributed by atoms with Gasteiger partial charge in [0.25, 0.3) is 0 Å². The molecule has 1 aromatic carbocycles. The van der Waals surface area contributed by atoms with E-state index in [0.29, 0.717) is 34.1 Å². The third-order valence-corrected chi connectivity index (χ3v) is 4.96. The highest BCUT2D eigenvalue weighted by atomic mass is 32.1. The zero-order valence-corrected chi connectivity index (χ0v) is 15.7. The smallest absolute Gasteiger partial charge is 0.348 e. The second kappa shape index (κ2) is 8.65. The second-order valence-corrected chi connectivity index (χ2v) is 6.88. The lowest BCUT2D eigenvalue weighted by atomic mass is 10.1. The first kappa shape index (κ1) is 19.0. The van der Waals surface area contributed by atoms with Crippen LogP contribution in [0.1, 0.15) is 45.8 Å². The number of esters is 1. The van der Waals surface area contributed by atoms with Crippen LogP contribution in [0.4, 0.5) is 5.00 Å². The molecule has 0 bridgehead atoms. The second-order valence-electron chi connectivity index (χ2n) is 5.82. The molecule has 1 aromatic heterocycles. The molecular formula is C19H23N3O2S. The van der Waals surface area contributed by atoms with E-state index in [9.17, 15) is 10.1 Å². The molecule has 0 unspecified atom stereocenters. The van der Waals surface area contributed by atoms with Gasteiger partial charge in [0.1, 0.15) is 15.9 Å². The number of aryl methyl sites for hydroxylation is 1. The van der Waals surface area contributed by atoms with E-state index in [4.69, 9.17) is 10.5 Å². The highest BCUT2D eigenvalue weighted by molar-refractivity contribution is 7.18. The molecule has 0 saturated heterocycles. The third-order valence-electron chi connectivity index (χ3n) is 3.92. The monoisotopic (exact) mass is 357 g/mol. The van der Waals surface area contributed by atoms with E-state index < -0.39 is 5.97 Å². The van der Waals surface area contributed by atoms with Crippen molar-refractivity contribution in [3.63, 3.8) is 0 Å². The van der Waals surface area contributed by atoms with Crippen LogP contribution in [-0.4, -0.2) is 24.5 Å². The fourth-order valence-corrected chi connectivity index (χ4v) is 3.56. The Kier molecular flexibility index (Phi) is 6.57. The minimum Gasteiger partial charge on any atom is -0.462 e. The van der Waals surface area contributed by atoms with Gasteiger partial charge in [0.05, 0.1) is 12.2 Å². The van der Waals surface area contributed by atoms with Gasteiger partial charge in [-0.15, -0.1) is 11.3 Å².